The third-order valence-electron chi connectivity index (χ3n) is 2.78. The molecule has 0 fully saturated rings. The highest BCUT2D eigenvalue weighted by atomic mass is 35.5. The van der Waals surface area contributed by atoms with Crippen LogP contribution in [0.2, 0.25) is 5.02 Å². The van der Waals surface area contributed by atoms with Crippen molar-refractivity contribution in [1.29, 1.82) is 0 Å². The van der Waals surface area contributed by atoms with Crippen molar-refractivity contribution < 1.29 is 8.83 Å². The molecule has 0 bridgehead atoms. The normalized spacial score (nSPS) is 10.5. The first-order valence-electron chi connectivity index (χ1n) is 6.01. The summed E-state index contributed by atoms with van der Waals surface area (Å²) in [4.78, 5) is 7.93. The summed E-state index contributed by atoms with van der Waals surface area (Å²) in [6.45, 7) is 2.03. The highest BCUT2D eigenvalue weighted by Gasteiger charge is 1.96. The molecule has 2 aromatic heterocycles. The second-order valence-corrected chi connectivity index (χ2v) is 4.72. The Kier molecular flexibility index (Phi) is 3.39. The molecule has 4 nitrogen and oxygen atoms in total. The quantitative estimate of drug-likeness (QED) is 0.473. The summed E-state index contributed by atoms with van der Waals surface area (Å²) in [6.07, 6.45) is 2.87. The zero-order valence-electron chi connectivity index (χ0n) is 10.7. The number of nitrogens with zero attached hydrogens (tertiary/aromatic N) is 2. The number of oxazole rings is 2. The third-order valence-corrected chi connectivity index (χ3v) is 3.02. The van der Waals surface area contributed by atoms with Gasteiger partial charge in [-0.25, -0.2) is 9.97 Å². The summed E-state index contributed by atoms with van der Waals surface area (Å²) < 4.78 is 10.1. The van der Waals surface area contributed by atoms with Crippen molar-refractivity contribution in [1.82, 2.24) is 9.97 Å². The second kappa shape index (κ2) is 5.35. The molecule has 4 aromatic rings. The van der Waals surface area contributed by atoms with Crippen LogP contribution in [0.25, 0.3) is 22.2 Å². The van der Waals surface area contributed by atoms with Crippen LogP contribution in [0.1, 0.15) is 5.56 Å². The van der Waals surface area contributed by atoms with E-state index in [-0.39, 0.29) is 0 Å². The number of halogens is 1. The molecule has 0 radical (unpaired) electrons. The van der Waals surface area contributed by atoms with Gasteiger partial charge in [0.15, 0.2) is 24.0 Å². The van der Waals surface area contributed by atoms with Gasteiger partial charge in [0.2, 0.25) is 0 Å². The maximum Gasteiger partial charge on any atom is 0.181 e. The van der Waals surface area contributed by atoms with Crippen LogP contribution in [0.15, 0.2) is 58.0 Å². The van der Waals surface area contributed by atoms with E-state index in [1.54, 1.807) is 12.1 Å². The van der Waals surface area contributed by atoms with E-state index in [4.69, 9.17) is 20.4 Å². The summed E-state index contributed by atoms with van der Waals surface area (Å²) in [6, 6.07) is 11.3. The summed E-state index contributed by atoms with van der Waals surface area (Å²) in [5, 5.41) is 0.671. The number of hydrogen-bond acceptors (Lipinski definition) is 4. The minimum absolute atomic E-state index is 0.671. The summed E-state index contributed by atoms with van der Waals surface area (Å²) in [5.74, 6) is 0. The molecule has 0 amide bonds. The molecule has 2 aromatic carbocycles. The minimum atomic E-state index is 0.671. The fraction of sp³-hybridized carbons (Fsp3) is 0.0667. The van der Waals surface area contributed by atoms with Gasteiger partial charge < -0.3 is 8.83 Å². The van der Waals surface area contributed by atoms with E-state index >= 15 is 0 Å². The van der Waals surface area contributed by atoms with Gasteiger partial charge in [-0.2, -0.15) is 0 Å². The maximum atomic E-state index is 5.69. The number of hydrogen-bond donors (Lipinski definition) is 0. The molecule has 0 N–H and O–H groups in total. The zero-order chi connectivity index (χ0) is 13.9. The summed E-state index contributed by atoms with van der Waals surface area (Å²) in [7, 11) is 0. The van der Waals surface area contributed by atoms with Gasteiger partial charge in [0.25, 0.3) is 0 Å². The monoisotopic (exact) mass is 286 g/mol. The molecule has 0 spiro atoms. The molecule has 0 aliphatic rings. The average Bonchev–Trinajstić information content (AvgIpc) is 3.06. The number of aryl methyl sites for hydroxylation is 1. The standard InChI is InChI=1S/C8H7NO.C7H4ClNO/c1-6-2-3-7-8(4-6)10-5-9-7;8-5-1-2-6-7(3-5)10-4-9-6/h2-5H,1H3;1-4H. The minimum Gasteiger partial charge on any atom is -0.443 e. The molecule has 2 heterocycles. The highest BCUT2D eigenvalue weighted by Crippen LogP contribution is 2.17. The van der Waals surface area contributed by atoms with Crippen LogP contribution in [-0.2, 0) is 0 Å². The van der Waals surface area contributed by atoms with E-state index in [1.807, 2.05) is 31.2 Å². The summed E-state index contributed by atoms with van der Waals surface area (Å²) >= 11 is 5.69. The number of benzene rings is 2. The molecular weight excluding hydrogens is 276 g/mol. The predicted octanol–water partition coefficient (Wildman–Crippen LogP) is 4.62. The van der Waals surface area contributed by atoms with Crippen LogP contribution >= 0.6 is 11.6 Å². The lowest BCUT2D eigenvalue weighted by Gasteiger charge is -1.87. The van der Waals surface area contributed by atoms with Crippen molar-refractivity contribution in [2.75, 3.05) is 0 Å². The Morgan fingerprint density at radius 2 is 1.45 bits per heavy atom. The molecule has 5 heteroatoms. The van der Waals surface area contributed by atoms with Crippen LogP contribution < -0.4 is 0 Å². The van der Waals surface area contributed by atoms with Crippen molar-refractivity contribution in [3.8, 4) is 0 Å². The third kappa shape index (κ3) is 2.65. The van der Waals surface area contributed by atoms with Crippen molar-refractivity contribution in [3.63, 3.8) is 0 Å². The van der Waals surface area contributed by atoms with E-state index in [0.29, 0.717) is 5.02 Å². The fourth-order valence-corrected chi connectivity index (χ4v) is 1.95. The first kappa shape index (κ1) is 12.7. The molecular formula is C15H11ClN2O2. The first-order chi connectivity index (χ1) is 9.72. The lowest BCUT2D eigenvalue weighted by atomic mass is 10.2. The Morgan fingerprint density at radius 3 is 2.15 bits per heavy atom. The predicted molar refractivity (Wildman–Crippen MR) is 77.8 cm³/mol. The highest BCUT2D eigenvalue weighted by molar-refractivity contribution is 6.31. The van der Waals surface area contributed by atoms with E-state index in [9.17, 15) is 0 Å². The van der Waals surface area contributed by atoms with Crippen molar-refractivity contribution in [3.05, 3.63) is 59.8 Å². The largest absolute Gasteiger partial charge is 0.443 e. The fourth-order valence-electron chi connectivity index (χ4n) is 1.79. The van der Waals surface area contributed by atoms with Gasteiger partial charge in [0, 0.05) is 11.1 Å². The van der Waals surface area contributed by atoms with Crippen molar-refractivity contribution in [2.45, 2.75) is 6.92 Å². The molecule has 0 saturated carbocycles. The SMILES string of the molecule is Cc1ccc2ncoc2c1.Clc1ccc2ncoc2c1. The van der Waals surface area contributed by atoms with Crippen LogP contribution in [0.4, 0.5) is 0 Å². The Hall–Kier alpha value is -2.33. The molecule has 0 atom stereocenters. The molecule has 0 aliphatic carbocycles. The van der Waals surface area contributed by atoms with Gasteiger partial charge in [-0.1, -0.05) is 17.7 Å². The molecule has 0 aliphatic heterocycles. The van der Waals surface area contributed by atoms with E-state index in [1.165, 1.54) is 18.4 Å². The molecule has 0 saturated heterocycles. The molecule has 20 heavy (non-hydrogen) atoms. The maximum absolute atomic E-state index is 5.69. The molecule has 0 unspecified atom stereocenters. The van der Waals surface area contributed by atoms with Crippen LogP contribution in [0.5, 0.6) is 0 Å². The smallest absolute Gasteiger partial charge is 0.181 e. The molecule has 4 rings (SSSR count). The van der Waals surface area contributed by atoms with Crippen LogP contribution in [0, 0.1) is 6.92 Å². The van der Waals surface area contributed by atoms with Crippen molar-refractivity contribution >= 4 is 33.8 Å². The van der Waals surface area contributed by atoms with E-state index in [0.717, 1.165) is 22.2 Å². The summed E-state index contributed by atoms with van der Waals surface area (Å²) in [5.41, 5.74) is 4.55. The Bertz CT molecular complexity index is 779. The van der Waals surface area contributed by atoms with E-state index in [2.05, 4.69) is 9.97 Å². The van der Waals surface area contributed by atoms with Gasteiger partial charge in [-0.3, -0.25) is 0 Å². The van der Waals surface area contributed by atoms with Gasteiger partial charge >= 0.3 is 0 Å². The lowest BCUT2D eigenvalue weighted by molar-refractivity contribution is 0.601. The van der Waals surface area contributed by atoms with Gasteiger partial charge in [-0.05, 0) is 36.8 Å². The number of rotatable bonds is 0. The van der Waals surface area contributed by atoms with Gasteiger partial charge in [0.1, 0.15) is 11.0 Å². The van der Waals surface area contributed by atoms with Crippen LogP contribution in [-0.4, -0.2) is 9.97 Å². The van der Waals surface area contributed by atoms with Gasteiger partial charge in [-0.15, -0.1) is 0 Å². The molecule has 100 valence electrons. The van der Waals surface area contributed by atoms with E-state index < -0.39 is 0 Å². The Labute approximate surface area is 120 Å². The average molecular weight is 287 g/mol. The lowest BCUT2D eigenvalue weighted by Crippen LogP contribution is -1.69. The Balaban J connectivity index is 0.000000121. The number of fused-ring (bicyclic) bond motifs is 2. The first-order valence-corrected chi connectivity index (χ1v) is 6.39. The van der Waals surface area contributed by atoms with Crippen LogP contribution in [0.3, 0.4) is 0 Å². The number of aromatic nitrogens is 2. The van der Waals surface area contributed by atoms with Gasteiger partial charge in [0.05, 0.1) is 0 Å². The Morgan fingerprint density at radius 1 is 0.850 bits per heavy atom. The zero-order valence-corrected chi connectivity index (χ0v) is 11.5. The topological polar surface area (TPSA) is 52.1 Å². The van der Waals surface area contributed by atoms with Crippen molar-refractivity contribution in [2.24, 2.45) is 0 Å². The second-order valence-electron chi connectivity index (χ2n) is 4.29.